The molecule has 1 rings (SSSR count). The lowest BCUT2D eigenvalue weighted by Gasteiger charge is -2.06. The molecule has 0 aromatic heterocycles. The van der Waals surface area contributed by atoms with Gasteiger partial charge in [0.05, 0.1) is 0 Å². The molecule has 0 fully saturated rings. The lowest BCUT2D eigenvalue weighted by molar-refractivity contribution is 0.571. The van der Waals surface area contributed by atoms with Gasteiger partial charge in [-0.25, -0.2) is 0 Å². The summed E-state index contributed by atoms with van der Waals surface area (Å²) in [7, 11) is 0. The monoisotopic (exact) mass is 187 g/mol. The second kappa shape index (κ2) is 4.30. The quantitative estimate of drug-likeness (QED) is 0.672. The number of nitrogens with two attached hydrogens (primary N) is 1. The van der Waals surface area contributed by atoms with Gasteiger partial charge < -0.3 is 5.73 Å². The predicted molar refractivity (Wildman–Crippen MR) is 60.7 cm³/mol. The van der Waals surface area contributed by atoms with Gasteiger partial charge in [-0.1, -0.05) is 24.0 Å². The van der Waals surface area contributed by atoms with Gasteiger partial charge in [-0.15, -0.1) is 0 Å². The maximum Gasteiger partial charge on any atom is 0.0248 e. The van der Waals surface area contributed by atoms with E-state index >= 15 is 0 Å². The molecule has 1 nitrogen and oxygen atoms in total. The second-order valence-corrected chi connectivity index (χ2v) is 4.40. The van der Waals surface area contributed by atoms with Crippen LogP contribution in [0.15, 0.2) is 24.3 Å². The van der Waals surface area contributed by atoms with Crippen molar-refractivity contribution >= 4 is 0 Å². The van der Waals surface area contributed by atoms with E-state index in [0.717, 1.165) is 11.1 Å². The number of hydrogen-bond donors (Lipinski definition) is 1. The van der Waals surface area contributed by atoms with Crippen LogP contribution in [0.4, 0.5) is 0 Å². The van der Waals surface area contributed by atoms with E-state index in [1.807, 2.05) is 24.3 Å². The van der Waals surface area contributed by atoms with E-state index < -0.39 is 0 Å². The Morgan fingerprint density at radius 2 is 2.00 bits per heavy atom. The van der Waals surface area contributed by atoms with E-state index in [0.29, 0.717) is 6.54 Å². The second-order valence-electron chi connectivity index (χ2n) is 4.40. The third-order valence-electron chi connectivity index (χ3n) is 1.74. The first kappa shape index (κ1) is 10.8. The first-order chi connectivity index (χ1) is 6.51. The Kier molecular flexibility index (Phi) is 3.33. The van der Waals surface area contributed by atoms with Crippen LogP contribution in [-0.4, -0.2) is 0 Å². The van der Waals surface area contributed by atoms with Gasteiger partial charge in [0, 0.05) is 17.5 Å². The van der Waals surface area contributed by atoms with Crippen molar-refractivity contribution in [3.63, 3.8) is 0 Å². The summed E-state index contributed by atoms with van der Waals surface area (Å²) in [5, 5.41) is 0. The maximum absolute atomic E-state index is 5.55. The van der Waals surface area contributed by atoms with Crippen LogP contribution in [0.1, 0.15) is 31.9 Å². The van der Waals surface area contributed by atoms with Crippen molar-refractivity contribution < 1.29 is 0 Å². The molecular weight excluding hydrogens is 170 g/mol. The zero-order valence-electron chi connectivity index (χ0n) is 9.09. The Bertz CT molecular complexity index is 361. The Morgan fingerprint density at radius 1 is 1.29 bits per heavy atom. The van der Waals surface area contributed by atoms with Crippen LogP contribution in [0.5, 0.6) is 0 Å². The molecule has 0 heterocycles. The molecular formula is C13H17N. The summed E-state index contributed by atoms with van der Waals surface area (Å²) in [6, 6.07) is 8.06. The Balaban J connectivity index is 2.90. The molecule has 0 atom stereocenters. The van der Waals surface area contributed by atoms with E-state index in [1.165, 1.54) is 0 Å². The van der Waals surface area contributed by atoms with E-state index in [2.05, 4.69) is 32.6 Å². The molecule has 0 saturated carbocycles. The van der Waals surface area contributed by atoms with Crippen LogP contribution in [0.2, 0.25) is 0 Å². The summed E-state index contributed by atoms with van der Waals surface area (Å²) >= 11 is 0. The Labute approximate surface area is 86.3 Å². The number of rotatable bonds is 1. The zero-order valence-corrected chi connectivity index (χ0v) is 9.09. The van der Waals surface area contributed by atoms with Gasteiger partial charge in [0.25, 0.3) is 0 Å². The molecule has 2 N–H and O–H groups in total. The minimum atomic E-state index is 0.0543. The van der Waals surface area contributed by atoms with Gasteiger partial charge in [0.2, 0.25) is 0 Å². The van der Waals surface area contributed by atoms with Crippen molar-refractivity contribution in [2.45, 2.75) is 27.3 Å². The van der Waals surface area contributed by atoms with Gasteiger partial charge in [0.15, 0.2) is 0 Å². The first-order valence-electron chi connectivity index (χ1n) is 4.83. The van der Waals surface area contributed by atoms with Crippen molar-refractivity contribution in [3.05, 3.63) is 35.4 Å². The van der Waals surface area contributed by atoms with Crippen molar-refractivity contribution in [2.24, 2.45) is 11.1 Å². The summed E-state index contributed by atoms with van der Waals surface area (Å²) in [5.41, 5.74) is 7.78. The van der Waals surface area contributed by atoms with E-state index in [4.69, 9.17) is 5.73 Å². The van der Waals surface area contributed by atoms with Crippen LogP contribution in [0, 0.1) is 17.3 Å². The molecule has 0 spiro atoms. The molecule has 0 aliphatic carbocycles. The largest absolute Gasteiger partial charge is 0.326 e. The molecule has 0 amide bonds. The van der Waals surface area contributed by atoms with Crippen LogP contribution in [0.3, 0.4) is 0 Å². The van der Waals surface area contributed by atoms with Crippen molar-refractivity contribution in [3.8, 4) is 11.8 Å². The summed E-state index contributed by atoms with van der Waals surface area (Å²) in [5.74, 6) is 6.35. The standard InChI is InChI=1S/C13H17N/c1-13(2,3)8-7-11-5-4-6-12(9-11)10-14/h4-6,9H,10,14H2,1-3H3. The summed E-state index contributed by atoms with van der Waals surface area (Å²) in [6.07, 6.45) is 0. The summed E-state index contributed by atoms with van der Waals surface area (Å²) in [6.45, 7) is 6.89. The smallest absolute Gasteiger partial charge is 0.0248 e. The molecule has 14 heavy (non-hydrogen) atoms. The van der Waals surface area contributed by atoms with Gasteiger partial charge >= 0.3 is 0 Å². The Morgan fingerprint density at radius 3 is 2.57 bits per heavy atom. The highest BCUT2D eigenvalue weighted by molar-refractivity contribution is 5.37. The molecule has 74 valence electrons. The fraction of sp³-hybridized carbons (Fsp3) is 0.385. The highest BCUT2D eigenvalue weighted by Crippen LogP contribution is 2.11. The van der Waals surface area contributed by atoms with Gasteiger partial charge in [-0.2, -0.15) is 0 Å². The maximum atomic E-state index is 5.55. The molecule has 0 unspecified atom stereocenters. The summed E-state index contributed by atoms with van der Waals surface area (Å²) in [4.78, 5) is 0. The van der Waals surface area contributed by atoms with E-state index in [-0.39, 0.29) is 5.41 Å². The predicted octanol–water partition coefficient (Wildman–Crippen LogP) is 2.54. The van der Waals surface area contributed by atoms with Crippen molar-refractivity contribution in [2.75, 3.05) is 0 Å². The molecule has 0 radical (unpaired) electrons. The molecule has 1 aromatic rings. The minimum absolute atomic E-state index is 0.0543. The molecule has 1 heteroatoms. The fourth-order valence-electron chi connectivity index (χ4n) is 1.04. The molecule has 1 aromatic carbocycles. The van der Waals surface area contributed by atoms with E-state index in [9.17, 15) is 0 Å². The van der Waals surface area contributed by atoms with E-state index in [1.54, 1.807) is 0 Å². The molecule has 0 aliphatic rings. The summed E-state index contributed by atoms with van der Waals surface area (Å²) < 4.78 is 0. The van der Waals surface area contributed by atoms with Gasteiger partial charge in [-0.05, 0) is 38.5 Å². The molecule has 0 saturated heterocycles. The molecule has 0 bridgehead atoms. The average molecular weight is 187 g/mol. The average Bonchev–Trinajstić information content (AvgIpc) is 2.14. The lowest BCUT2D eigenvalue weighted by Crippen LogP contribution is -1.99. The van der Waals surface area contributed by atoms with Crippen LogP contribution >= 0.6 is 0 Å². The van der Waals surface area contributed by atoms with Crippen LogP contribution in [0.25, 0.3) is 0 Å². The number of hydrogen-bond acceptors (Lipinski definition) is 1. The topological polar surface area (TPSA) is 26.0 Å². The molecule has 0 aliphatic heterocycles. The van der Waals surface area contributed by atoms with Gasteiger partial charge in [-0.3, -0.25) is 0 Å². The SMILES string of the molecule is CC(C)(C)C#Cc1cccc(CN)c1. The van der Waals surface area contributed by atoms with Crippen molar-refractivity contribution in [1.82, 2.24) is 0 Å². The zero-order chi connectivity index (χ0) is 10.6. The first-order valence-corrected chi connectivity index (χ1v) is 4.83. The van der Waals surface area contributed by atoms with Crippen LogP contribution in [-0.2, 0) is 6.54 Å². The van der Waals surface area contributed by atoms with Crippen LogP contribution < -0.4 is 5.73 Å². The lowest BCUT2D eigenvalue weighted by atomic mass is 9.97. The highest BCUT2D eigenvalue weighted by atomic mass is 14.5. The minimum Gasteiger partial charge on any atom is -0.326 e. The third kappa shape index (κ3) is 3.64. The fourth-order valence-corrected chi connectivity index (χ4v) is 1.04. The number of benzene rings is 1. The normalized spacial score (nSPS) is 10.6. The third-order valence-corrected chi connectivity index (χ3v) is 1.74. The van der Waals surface area contributed by atoms with Crippen molar-refractivity contribution in [1.29, 1.82) is 0 Å². The highest BCUT2D eigenvalue weighted by Gasteiger charge is 2.03. The Hall–Kier alpha value is -1.26. The van der Waals surface area contributed by atoms with Gasteiger partial charge in [0.1, 0.15) is 0 Å².